The van der Waals surface area contributed by atoms with Crippen LogP contribution in [0.2, 0.25) is 0 Å². The minimum Gasteiger partial charge on any atom is -0.482 e. The number of hydrogen-bond acceptors (Lipinski definition) is 9. The predicted octanol–water partition coefficient (Wildman–Crippen LogP) is 3.35. The van der Waals surface area contributed by atoms with Crippen molar-refractivity contribution in [2.75, 3.05) is 13.2 Å². The molecule has 2 N–H and O–H groups in total. The zero-order valence-electron chi connectivity index (χ0n) is 22.9. The fourth-order valence-electron chi connectivity index (χ4n) is 7.67. The lowest BCUT2D eigenvalue weighted by molar-refractivity contribution is -0.156. The standard InChI is InChI=1S/C29H32N2O8S2/c1-4-38-18(32)11-39-17-8-6-5-7-13(17)19-20-14-10-15(23(20)40-25-24(19)41-29(37)30-25)22-21(14)26(33)31(27(22)34)16(28(35)36)9-12(2)3/h5-8,12,14-16,19-23H,4,9-11H2,1-3H3,(H,30,37)(H,35,36)/t14?,15?,16?,19-,20?,21?,22?,23?/m1/s1. The van der Waals surface area contributed by atoms with Gasteiger partial charge in [0.2, 0.25) is 11.8 Å². The molecule has 0 spiro atoms. The fraction of sp³-hybridized carbons (Fsp3) is 0.552. The lowest BCUT2D eigenvalue weighted by Crippen LogP contribution is -2.47. The number of benzene rings is 1. The number of nitrogens with zero attached hydrogens (tertiary/aromatic N) is 1. The van der Waals surface area contributed by atoms with Gasteiger partial charge in [-0.15, -0.1) is 11.8 Å². The average molecular weight is 601 g/mol. The fourth-order valence-corrected chi connectivity index (χ4v) is 10.5. The third-order valence-corrected chi connectivity index (χ3v) is 11.5. The van der Waals surface area contributed by atoms with Crippen molar-refractivity contribution in [3.05, 3.63) is 44.4 Å². The van der Waals surface area contributed by atoms with Crippen molar-refractivity contribution >= 4 is 46.9 Å². The second kappa shape index (κ2) is 10.6. The maximum Gasteiger partial charge on any atom is 0.344 e. The number of aliphatic carboxylic acids is 1. The normalized spacial score (nSPS) is 30.2. The van der Waals surface area contributed by atoms with Crippen LogP contribution in [0.5, 0.6) is 5.75 Å². The minimum absolute atomic E-state index is 0.00435. The van der Waals surface area contributed by atoms with E-state index in [1.165, 1.54) is 0 Å². The van der Waals surface area contributed by atoms with E-state index in [4.69, 9.17) is 9.47 Å². The van der Waals surface area contributed by atoms with E-state index in [0.29, 0.717) is 12.2 Å². The Bertz CT molecular complexity index is 1470. The van der Waals surface area contributed by atoms with E-state index in [0.717, 1.165) is 31.7 Å². The number of nitrogens with one attached hydrogen (secondary N) is 1. The van der Waals surface area contributed by atoms with Crippen molar-refractivity contribution < 1.29 is 33.8 Å². The number of fused-ring (bicyclic) bond motifs is 9. The van der Waals surface area contributed by atoms with Crippen LogP contribution in [0, 0.1) is 35.5 Å². The monoisotopic (exact) mass is 600 g/mol. The number of imide groups is 1. The molecule has 41 heavy (non-hydrogen) atoms. The first-order valence-corrected chi connectivity index (χ1v) is 15.7. The summed E-state index contributed by atoms with van der Waals surface area (Å²) < 4.78 is 11.0. The third kappa shape index (κ3) is 4.50. The van der Waals surface area contributed by atoms with Crippen molar-refractivity contribution in [1.29, 1.82) is 0 Å². The number of hydrogen-bond donors (Lipinski definition) is 2. The summed E-state index contributed by atoms with van der Waals surface area (Å²) in [5.74, 6) is -3.72. The van der Waals surface area contributed by atoms with Crippen LogP contribution in [0.4, 0.5) is 0 Å². The Labute approximate surface area is 244 Å². The van der Waals surface area contributed by atoms with Gasteiger partial charge >= 0.3 is 16.8 Å². The molecule has 12 heteroatoms. The average Bonchev–Trinajstić information content (AvgIpc) is 3.65. The van der Waals surface area contributed by atoms with Crippen LogP contribution in [0.25, 0.3) is 0 Å². The Morgan fingerprint density at radius 2 is 1.83 bits per heavy atom. The van der Waals surface area contributed by atoms with E-state index >= 15 is 0 Å². The molecule has 2 aliphatic carbocycles. The minimum atomic E-state index is -1.18. The SMILES string of the molecule is CCOC(=O)COc1ccccc1[C@H]1c2sc(=O)[nH]c2SC2C3CC(C4C(=O)N(C(CC(C)C)C(=O)O)C(=O)C34)C21. The Morgan fingerprint density at radius 3 is 2.51 bits per heavy atom. The Balaban J connectivity index is 1.39. The largest absolute Gasteiger partial charge is 0.482 e. The molecular formula is C29H32N2O8S2. The van der Waals surface area contributed by atoms with Gasteiger partial charge in [0.25, 0.3) is 0 Å². The van der Waals surface area contributed by atoms with Gasteiger partial charge in [-0.3, -0.25) is 19.3 Å². The highest BCUT2D eigenvalue weighted by Gasteiger charge is 2.70. The van der Waals surface area contributed by atoms with Gasteiger partial charge in [-0.2, -0.15) is 0 Å². The van der Waals surface area contributed by atoms with Crippen LogP contribution < -0.4 is 9.61 Å². The highest BCUT2D eigenvalue weighted by atomic mass is 32.2. The van der Waals surface area contributed by atoms with E-state index in [1.807, 2.05) is 32.0 Å². The molecule has 10 nitrogen and oxygen atoms in total. The van der Waals surface area contributed by atoms with E-state index in [-0.39, 0.29) is 71.2 Å². The number of carboxylic acid groups (broad SMARTS) is 1. The van der Waals surface area contributed by atoms with E-state index in [2.05, 4.69) is 4.98 Å². The first-order chi connectivity index (χ1) is 19.6. The van der Waals surface area contributed by atoms with Crippen LogP contribution in [0.1, 0.15) is 50.0 Å². The maximum atomic E-state index is 13.9. The van der Waals surface area contributed by atoms with Gasteiger partial charge in [0.1, 0.15) is 11.8 Å². The highest BCUT2D eigenvalue weighted by Crippen LogP contribution is 2.69. The summed E-state index contributed by atoms with van der Waals surface area (Å²) in [7, 11) is 0. The smallest absolute Gasteiger partial charge is 0.344 e. The lowest BCUT2D eigenvalue weighted by Gasteiger charge is -2.43. The summed E-state index contributed by atoms with van der Waals surface area (Å²) in [6.07, 6.45) is 0.891. The molecule has 4 aliphatic rings. The molecule has 8 atom stereocenters. The third-order valence-electron chi connectivity index (χ3n) is 8.95. The van der Waals surface area contributed by atoms with Crippen molar-refractivity contribution in [2.24, 2.45) is 35.5 Å². The number of ether oxygens (including phenoxy) is 2. The second-order valence-corrected chi connectivity index (χ2v) is 13.8. The summed E-state index contributed by atoms with van der Waals surface area (Å²) in [4.78, 5) is 69.2. The van der Waals surface area contributed by atoms with Crippen LogP contribution >= 0.6 is 23.1 Å². The van der Waals surface area contributed by atoms with Gasteiger partial charge < -0.3 is 19.6 Å². The molecular weight excluding hydrogens is 568 g/mol. The van der Waals surface area contributed by atoms with Gasteiger partial charge in [-0.25, -0.2) is 9.59 Å². The number of carbonyl (C=O) groups is 4. The molecule has 6 rings (SSSR count). The Kier molecular flexibility index (Phi) is 7.25. The molecule has 2 saturated carbocycles. The zero-order valence-corrected chi connectivity index (χ0v) is 24.5. The summed E-state index contributed by atoms with van der Waals surface area (Å²) in [5.41, 5.74) is 0.810. The van der Waals surface area contributed by atoms with Gasteiger partial charge in [0.05, 0.1) is 23.5 Å². The van der Waals surface area contributed by atoms with Crippen LogP contribution in [0.3, 0.4) is 0 Å². The number of likely N-dealkylation sites (tertiary alicyclic amines) is 1. The van der Waals surface area contributed by atoms with E-state index in [1.54, 1.807) is 24.8 Å². The van der Waals surface area contributed by atoms with Crippen molar-refractivity contribution in [3.8, 4) is 5.75 Å². The molecule has 1 aromatic heterocycles. The van der Waals surface area contributed by atoms with Crippen molar-refractivity contribution in [3.63, 3.8) is 0 Å². The van der Waals surface area contributed by atoms with Crippen molar-refractivity contribution in [1.82, 2.24) is 9.88 Å². The molecule has 2 aliphatic heterocycles. The molecule has 2 aromatic rings. The number of para-hydroxylation sites is 1. The zero-order chi connectivity index (χ0) is 29.2. The van der Waals surface area contributed by atoms with Gasteiger partial charge in [0, 0.05) is 21.6 Å². The molecule has 1 aromatic carbocycles. The number of aromatic nitrogens is 1. The van der Waals surface area contributed by atoms with Crippen LogP contribution in [-0.4, -0.2) is 63.2 Å². The summed E-state index contributed by atoms with van der Waals surface area (Å²) >= 11 is 2.70. The number of amides is 2. The lowest BCUT2D eigenvalue weighted by atomic mass is 9.68. The number of rotatable bonds is 9. The number of carbonyl (C=O) groups excluding carboxylic acids is 3. The molecule has 1 saturated heterocycles. The number of esters is 1. The quantitative estimate of drug-likeness (QED) is 0.327. The first-order valence-electron chi connectivity index (χ1n) is 14.0. The summed E-state index contributed by atoms with van der Waals surface area (Å²) in [5, 5.41) is 10.7. The maximum absolute atomic E-state index is 13.9. The molecule has 3 fully saturated rings. The molecule has 0 radical (unpaired) electrons. The Morgan fingerprint density at radius 1 is 1.12 bits per heavy atom. The number of thioether (sulfide) groups is 1. The summed E-state index contributed by atoms with van der Waals surface area (Å²) in [6, 6.07) is 6.22. The van der Waals surface area contributed by atoms with Crippen LogP contribution in [0.15, 0.2) is 34.1 Å². The number of H-pyrrole nitrogens is 1. The highest BCUT2D eigenvalue weighted by molar-refractivity contribution is 8.00. The number of thiazole rings is 1. The molecule has 218 valence electrons. The van der Waals surface area contributed by atoms with Crippen molar-refractivity contribution in [2.45, 2.75) is 55.8 Å². The van der Waals surface area contributed by atoms with E-state index in [9.17, 15) is 29.1 Å². The summed E-state index contributed by atoms with van der Waals surface area (Å²) in [6.45, 7) is 5.45. The van der Waals surface area contributed by atoms with E-state index < -0.39 is 29.8 Å². The van der Waals surface area contributed by atoms with Crippen LogP contribution in [-0.2, 0) is 23.9 Å². The molecule has 2 bridgehead atoms. The van der Waals surface area contributed by atoms with Gasteiger partial charge in [0.15, 0.2) is 6.61 Å². The van der Waals surface area contributed by atoms with Gasteiger partial charge in [-0.1, -0.05) is 43.4 Å². The number of aromatic amines is 1. The first kappa shape index (κ1) is 28.0. The molecule has 2 amide bonds. The second-order valence-electron chi connectivity index (χ2n) is 11.6. The topological polar surface area (TPSA) is 143 Å². The van der Waals surface area contributed by atoms with Gasteiger partial charge in [-0.05, 0) is 49.5 Å². The predicted molar refractivity (Wildman–Crippen MR) is 150 cm³/mol. The molecule has 3 heterocycles. The molecule has 7 unspecified atom stereocenters. The number of carboxylic acids is 1. The Hall–Kier alpha value is -3.12.